The van der Waals surface area contributed by atoms with E-state index in [-0.39, 0.29) is 4.90 Å². The van der Waals surface area contributed by atoms with Gasteiger partial charge in [-0.1, -0.05) is 23.2 Å². The molecule has 0 saturated heterocycles. The summed E-state index contributed by atoms with van der Waals surface area (Å²) in [5.41, 5.74) is 1.37. The molecule has 0 amide bonds. The van der Waals surface area contributed by atoms with Crippen molar-refractivity contribution in [2.75, 3.05) is 0 Å². The zero-order valence-electron chi connectivity index (χ0n) is 13.6. The van der Waals surface area contributed by atoms with Crippen molar-refractivity contribution < 1.29 is 8.42 Å². The van der Waals surface area contributed by atoms with Gasteiger partial charge in [0.05, 0.1) is 16.5 Å². The number of hydrogen-bond acceptors (Lipinski definition) is 4. The second kappa shape index (κ2) is 6.92. The maximum atomic E-state index is 12.6. The Hall–Kier alpha value is -1.67. The standard InChI is InChI=1S/C16H16Cl2N4O2S/c1-3-22-13-8-9-19-15(18)14(13)20-16(22)10(2)21-25(23,24)12-6-4-11(17)5-7-12/h4-10,21H,3H2,1-2H3. The van der Waals surface area contributed by atoms with Crippen LogP contribution in [0.3, 0.4) is 0 Å². The molecule has 1 aromatic carbocycles. The SMILES string of the molecule is CCn1c(C(C)NS(=O)(=O)c2ccc(Cl)cc2)nc2c(Cl)nccc21. The Morgan fingerprint density at radius 1 is 1.20 bits per heavy atom. The van der Waals surface area contributed by atoms with Crippen LogP contribution in [0.1, 0.15) is 25.7 Å². The number of halogens is 2. The molecule has 0 aliphatic rings. The van der Waals surface area contributed by atoms with Crippen molar-refractivity contribution in [1.29, 1.82) is 0 Å². The zero-order chi connectivity index (χ0) is 18.2. The fourth-order valence-corrected chi connectivity index (χ4v) is 4.19. The molecule has 1 unspecified atom stereocenters. The van der Waals surface area contributed by atoms with Crippen molar-refractivity contribution in [1.82, 2.24) is 19.3 Å². The Morgan fingerprint density at radius 3 is 2.52 bits per heavy atom. The van der Waals surface area contributed by atoms with Crippen LogP contribution in [0.25, 0.3) is 11.0 Å². The quantitative estimate of drug-likeness (QED) is 0.663. The average Bonchev–Trinajstić information content (AvgIpc) is 2.95. The highest BCUT2D eigenvalue weighted by atomic mass is 35.5. The Labute approximate surface area is 155 Å². The molecule has 9 heteroatoms. The van der Waals surface area contributed by atoms with Crippen molar-refractivity contribution in [2.24, 2.45) is 0 Å². The highest BCUT2D eigenvalue weighted by molar-refractivity contribution is 7.89. The number of nitrogens with zero attached hydrogens (tertiary/aromatic N) is 3. The van der Waals surface area contributed by atoms with Gasteiger partial charge in [-0.05, 0) is 44.2 Å². The van der Waals surface area contributed by atoms with Gasteiger partial charge in [-0.2, -0.15) is 0 Å². The van der Waals surface area contributed by atoms with Crippen molar-refractivity contribution >= 4 is 44.3 Å². The Balaban J connectivity index is 1.98. The summed E-state index contributed by atoms with van der Waals surface area (Å²) in [6, 6.07) is 7.24. The van der Waals surface area contributed by atoms with E-state index in [2.05, 4.69) is 14.7 Å². The summed E-state index contributed by atoms with van der Waals surface area (Å²) in [4.78, 5) is 8.66. The predicted molar refractivity (Wildman–Crippen MR) is 98.4 cm³/mol. The lowest BCUT2D eigenvalue weighted by molar-refractivity contribution is 0.549. The van der Waals surface area contributed by atoms with Gasteiger partial charge in [0.15, 0.2) is 5.15 Å². The molecule has 1 N–H and O–H groups in total. The number of pyridine rings is 1. The zero-order valence-corrected chi connectivity index (χ0v) is 15.9. The van der Waals surface area contributed by atoms with Gasteiger partial charge in [-0.15, -0.1) is 0 Å². The molecule has 0 aliphatic heterocycles. The van der Waals surface area contributed by atoms with Crippen LogP contribution >= 0.6 is 23.2 Å². The molecule has 3 rings (SSSR count). The van der Waals surface area contributed by atoms with E-state index < -0.39 is 16.1 Å². The van der Waals surface area contributed by atoms with E-state index >= 15 is 0 Å². The van der Waals surface area contributed by atoms with Crippen LogP contribution in [0.4, 0.5) is 0 Å². The number of hydrogen-bond donors (Lipinski definition) is 1. The van der Waals surface area contributed by atoms with Crippen molar-refractivity contribution in [3.05, 3.63) is 52.5 Å². The number of fused-ring (bicyclic) bond motifs is 1. The first-order valence-electron chi connectivity index (χ1n) is 7.62. The van der Waals surface area contributed by atoms with Crippen LogP contribution in [0.2, 0.25) is 10.2 Å². The number of rotatable bonds is 5. The minimum absolute atomic E-state index is 0.141. The molecule has 1 atom stereocenters. The number of benzene rings is 1. The third-order valence-electron chi connectivity index (χ3n) is 3.81. The Morgan fingerprint density at radius 2 is 1.88 bits per heavy atom. The lowest BCUT2D eigenvalue weighted by Crippen LogP contribution is -2.28. The lowest BCUT2D eigenvalue weighted by Gasteiger charge is -2.15. The fraction of sp³-hybridized carbons (Fsp3) is 0.250. The minimum Gasteiger partial charge on any atom is -0.327 e. The monoisotopic (exact) mass is 398 g/mol. The van der Waals surface area contributed by atoms with Gasteiger partial charge >= 0.3 is 0 Å². The number of aryl methyl sites for hydroxylation is 1. The summed E-state index contributed by atoms with van der Waals surface area (Å²) in [6.45, 7) is 4.32. The van der Waals surface area contributed by atoms with Crippen LogP contribution < -0.4 is 4.72 Å². The summed E-state index contributed by atoms with van der Waals surface area (Å²) >= 11 is 11.9. The van der Waals surface area contributed by atoms with Gasteiger partial charge in [-0.25, -0.2) is 23.1 Å². The molecule has 0 spiro atoms. The van der Waals surface area contributed by atoms with Crippen LogP contribution in [0.15, 0.2) is 41.4 Å². The first-order chi connectivity index (χ1) is 11.8. The van der Waals surface area contributed by atoms with E-state index in [1.54, 1.807) is 13.1 Å². The van der Waals surface area contributed by atoms with E-state index in [1.165, 1.54) is 24.3 Å². The van der Waals surface area contributed by atoms with Crippen LogP contribution in [0.5, 0.6) is 0 Å². The molecule has 0 aliphatic carbocycles. The van der Waals surface area contributed by atoms with Crippen LogP contribution in [-0.4, -0.2) is 23.0 Å². The highest BCUT2D eigenvalue weighted by Crippen LogP contribution is 2.26. The van der Waals surface area contributed by atoms with Crippen molar-refractivity contribution in [3.8, 4) is 0 Å². The van der Waals surface area contributed by atoms with E-state index in [4.69, 9.17) is 23.2 Å². The molecule has 2 aromatic heterocycles. The van der Waals surface area contributed by atoms with Gasteiger partial charge in [0.2, 0.25) is 10.0 Å². The molecule has 25 heavy (non-hydrogen) atoms. The predicted octanol–water partition coefficient (Wildman–Crippen LogP) is 3.80. The van der Waals surface area contributed by atoms with Crippen molar-refractivity contribution in [2.45, 2.75) is 31.3 Å². The smallest absolute Gasteiger partial charge is 0.241 e. The molecule has 0 fully saturated rings. The molecule has 6 nitrogen and oxygen atoms in total. The number of aromatic nitrogens is 3. The van der Waals surface area contributed by atoms with E-state index in [1.807, 2.05) is 17.6 Å². The average molecular weight is 399 g/mol. The largest absolute Gasteiger partial charge is 0.327 e. The second-order valence-electron chi connectivity index (χ2n) is 5.48. The molecular formula is C16H16Cl2N4O2S. The number of imidazole rings is 1. The van der Waals surface area contributed by atoms with E-state index in [0.717, 1.165) is 5.52 Å². The van der Waals surface area contributed by atoms with Gasteiger partial charge in [0, 0.05) is 17.8 Å². The van der Waals surface area contributed by atoms with Gasteiger partial charge in [-0.3, -0.25) is 0 Å². The highest BCUT2D eigenvalue weighted by Gasteiger charge is 2.23. The van der Waals surface area contributed by atoms with Crippen LogP contribution in [0, 0.1) is 0 Å². The Bertz CT molecular complexity index is 1020. The fourth-order valence-electron chi connectivity index (χ4n) is 2.67. The molecular weight excluding hydrogens is 383 g/mol. The summed E-state index contributed by atoms with van der Waals surface area (Å²) in [7, 11) is -3.71. The van der Waals surface area contributed by atoms with Gasteiger partial charge in [0.1, 0.15) is 11.3 Å². The van der Waals surface area contributed by atoms with Crippen LogP contribution in [-0.2, 0) is 16.6 Å². The summed E-state index contributed by atoms with van der Waals surface area (Å²) < 4.78 is 29.7. The maximum Gasteiger partial charge on any atom is 0.241 e. The lowest BCUT2D eigenvalue weighted by atomic mass is 10.3. The first kappa shape index (κ1) is 18.1. The topological polar surface area (TPSA) is 76.9 Å². The molecule has 0 radical (unpaired) electrons. The number of sulfonamides is 1. The molecule has 0 bridgehead atoms. The molecule has 2 heterocycles. The number of nitrogens with one attached hydrogen (secondary N) is 1. The van der Waals surface area contributed by atoms with Gasteiger partial charge in [0.25, 0.3) is 0 Å². The van der Waals surface area contributed by atoms with Crippen molar-refractivity contribution in [3.63, 3.8) is 0 Å². The third-order valence-corrected chi connectivity index (χ3v) is 5.90. The second-order valence-corrected chi connectivity index (χ2v) is 7.99. The normalized spacial score (nSPS) is 13.3. The summed E-state index contributed by atoms with van der Waals surface area (Å²) in [6.07, 6.45) is 1.60. The van der Waals surface area contributed by atoms with Gasteiger partial charge < -0.3 is 4.57 Å². The Kier molecular flexibility index (Phi) is 5.02. The summed E-state index contributed by atoms with van der Waals surface area (Å²) in [5.74, 6) is 0.574. The van der Waals surface area contributed by atoms with E-state index in [0.29, 0.717) is 28.1 Å². The molecule has 3 aromatic rings. The first-order valence-corrected chi connectivity index (χ1v) is 9.86. The molecule has 132 valence electrons. The van der Waals surface area contributed by atoms with E-state index in [9.17, 15) is 8.42 Å². The molecule has 0 saturated carbocycles. The maximum absolute atomic E-state index is 12.6. The minimum atomic E-state index is -3.71. The third kappa shape index (κ3) is 3.50. The summed E-state index contributed by atoms with van der Waals surface area (Å²) in [5, 5.41) is 0.764.